The number of carbonyl (C=O) groups excluding carboxylic acids is 1. The van der Waals surface area contributed by atoms with Crippen molar-refractivity contribution in [2.75, 3.05) is 13.7 Å². The Morgan fingerprint density at radius 2 is 2.33 bits per heavy atom. The van der Waals surface area contributed by atoms with E-state index in [0.717, 1.165) is 0 Å². The van der Waals surface area contributed by atoms with Gasteiger partial charge in [0.05, 0.1) is 6.61 Å². The number of nitrogens with one attached hydrogen (secondary N) is 1. The number of likely N-dealkylation sites (N-methyl/N-ethyl adjacent to an activating group) is 1. The lowest BCUT2D eigenvalue weighted by Gasteiger charge is -2.08. The third kappa shape index (κ3) is 4.12. The highest BCUT2D eigenvalue weighted by molar-refractivity contribution is 5.76. The Labute approximate surface area is 55.1 Å². The predicted molar refractivity (Wildman–Crippen MR) is 35.2 cm³/mol. The zero-order chi connectivity index (χ0) is 7.28. The minimum absolute atomic E-state index is 0.0239. The summed E-state index contributed by atoms with van der Waals surface area (Å²) in [5.41, 5.74) is 0. The molecule has 0 bridgehead atoms. The van der Waals surface area contributed by atoms with E-state index in [4.69, 9.17) is 5.11 Å². The number of hydrogen-bond donors (Lipinski definition) is 2. The van der Waals surface area contributed by atoms with E-state index in [1.54, 1.807) is 7.05 Å². The summed E-state index contributed by atoms with van der Waals surface area (Å²) in [6.45, 7) is 1.54. The van der Waals surface area contributed by atoms with E-state index < -0.39 is 0 Å². The van der Waals surface area contributed by atoms with Crippen molar-refractivity contribution in [1.82, 2.24) is 5.32 Å². The molecule has 0 saturated carbocycles. The van der Waals surface area contributed by atoms with E-state index >= 15 is 0 Å². The second-order valence-electron chi connectivity index (χ2n) is 2.07. The molecule has 2 N–H and O–H groups in total. The molecule has 0 rings (SSSR count). The van der Waals surface area contributed by atoms with Crippen molar-refractivity contribution in [3.63, 3.8) is 0 Å². The second kappa shape index (κ2) is 4.47. The van der Waals surface area contributed by atoms with E-state index in [0.29, 0.717) is 6.42 Å². The molecule has 0 saturated heterocycles. The molecule has 0 amide bonds. The molecule has 0 aliphatic rings. The summed E-state index contributed by atoms with van der Waals surface area (Å²) in [6.07, 6.45) is 0.410. The van der Waals surface area contributed by atoms with Crippen molar-refractivity contribution < 1.29 is 9.90 Å². The van der Waals surface area contributed by atoms with Crippen LogP contribution in [0, 0.1) is 0 Å². The Balaban J connectivity index is 3.43. The molecule has 3 heteroatoms. The van der Waals surface area contributed by atoms with Crippen molar-refractivity contribution in [1.29, 1.82) is 0 Å². The molecule has 0 fully saturated rings. The number of hydrogen-bond acceptors (Lipinski definition) is 3. The first-order chi connectivity index (χ1) is 4.20. The van der Waals surface area contributed by atoms with Gasteiger partial charge in [0.2, 0.25) is 0 Å². The second-order valence-corrected chi connectivity index (χ2v) is 2.07. The van der Waals surface area contributed by atoms with Gasteiger partial charge >= 0.3 is 0 Å². The molecule has 3 nitrogen and oxygen atoms in total. The topological polar surface area (TPSA) is 49.3 Å². The third-order valence-electron chi connectivity index (χ3n) is 1.16. The van der Waals surface area contributed by atoms with Gasteiger partial charge < -0.3 is 10.4 Å². The Morgan fingerprint density at radius 3 is 2.44 bits per heavy atom. The number of carbonyl (C=O) groups is 1. The SMILES string of the molecule is CN[C@@H](CO)CC(C)=O. The molecular weight excluding hydrogens is 118 g/mol. The van der Waals surface area contributed by atoms with Crippen molar-refractivity contribution in [3.05, 3.63) is 0 Å². The Hall–Kier alpha value is -0.410. The third-order valence-corrected chi connectivity index (χ3v) is 1.16. The van der Waals surface area contributed by atoms with Crippen LogP contribution in [0.2, 0.25) is 0 Å². The molecule has 1 atom stereocenters. The van der Waals surface area contributed by atoms with Gasteiger partial charge in [-0.2, -0.15) is 0 Å². The average molecular weight is 131 g/mol. The zero-order valence-corrected chi connectivity index (χ0v) is 5.85. The quantitative estimate of drug-likeness (QED) is 0.543. The molecule has 0 aliphatic heterocycles. The van der Waals surface area contributed by atoms with Crippen LogP contribution in [0.1, 0.15) is 13.3 Å². The van der Waals surface area contributed by atoms with Crippen LogP contribution in [0.25, 0.3) is 0 Å². The molecular formula is C6H13NO2. The largest absolute Gasteiger partial charge is 0.395 e. The highest BCUT2D eigenvalue weighted by Gasteiger charge is 2.05. The summed E-state index contributed by atoms with van der Waals surface area (Å²) >= 11 is 0. The van der Waals surface area contributed by atoms with Crippen molar-refractivity contribution in [2.24, 2.45) is 0 Å². The van der Waals surface area contributed by atoms with Crippen LogP contribution >= 0.6 is 0 Å². The summed E-state index contributed by atoms with van der Waals surface area (Å²) in [5.74, 6) is 0.100. The van der Waals surface area contributed by atoms with Crippen LogP contribution < -0.4 is 5.32 Å². The predicted octanol–water partition coefficient (Wildman–Crippen LogP) is -0.454. The van der Waals surface area contributed by atoms with Crippen LogP contribution in [-0.2, 0) is 4.79 Å². The number of ketones is 1. The van der Waals surface area contributed by atoms with E-state index in [-0.39, 0.29) is 18.4 Å². The summed E-state index contributed by atoms with van der Waals surface area (Å²) < 4.78 is 0. The summed E-state index contributed by atoms with van der Waals surface area (Å²) in [4.78, 5) is 10.4. The first-order valence-corrected chi connectivity index (χ1v) is 2.98. The fraction of sp³-hybridized carbons (Fsp3) is 0.833. The smallest absolute Gasteiger partial charge is 0.131 e. The van der Waals surface area contributed by atoms with Gasteiger partial charge in [-0.25, -0.2) is 0 Å². The molecule has 54 valence electrons. The number of Topliss-reactive ketones (excluding diaryl/α,β-unsaturated/α-hetero) is 1. The molecule has 0 aromatic carbocycles. The number of aliphatic hydroxyl groups excluding tert-OH is 1. The Bertz CT molecular complexity index is 89.1. The molecule has 0 aromatic heterocycles. The first-order valence-electron chi connectivity index (χ1n) is 2.98. The van der Waals surface area contributed by atoms with Gasteiger partial charge in [-0.1, -0.05) is 0 Å². The monoisotopic (exact) mass is 131 g/mol. The highest BCUT2D eigenvalue weighted by atomic mass is 16.3. The lowest BCUT2D eigenvalue weighted by atomic mass is 10.2. The van der Waals surface area contributed by atoms with Gasteiger partial charge in [-0.05, 0) is 14.0 Å². The molecule has 0 radical (unpaired) electrons. The average Bonchev–Trinajstić information content (AvgIpc) is 1.82. The number of aliphatic hydroxyl groups is 1. The fourth-order valence-electron chi connectivity index (χ4n) is 0.605. The lowest BCUT2D eigenvalue weighted by molar-refractivity contribution is -0.117. The van der Waals surface area contributed by atoms with Gasteiger partial charge in [0.25, 0.3) is 0 Å². The molecule has 0 heterocycles. The molecule has 0 aliphatic carbocycles. The van der Waals surface area contributed by atoms with Crippen molar-refractivity contribution >= 4 is 5.78 Å². The van der Waals surface area contributed by atoms with E-state index in [9.17, 15) is 4.79 Å². The molecule has 0 spiro atoms. The summed E-state index contributed by atoms with van der Waals surface area (Å²) in [5, 5.41) is 11.4. The number of rotatable bonds is 4. The van der Waals surface area contributed by atoms with Crippen LogP contribution in [0.3, 0.4) is 0 Å². The summed E-state index contributed by atoms with van der Waals surface area (Å²) in [6, 6.07) is -0.0671. The maximum Gasteiger partial charge on any atom is 0.131 e. The fourth-order valence-corrected chi connectivity index (χ4v) is 0.605. The van der Waals surface area contributed by atoms with E-state index in [2.05, 4.69) is 5.32 Å². The van der Waals surface area contributed by atoms with Gasteiger partial charge in [0, 0.05) is 12.5 Å². The van der Waals surface area contributed by atoms with Gasteiger partial charge in [0.1, 0.15) is 5.78 Å². The maximum absolute atomic E-state index is 10.4. The Morgan fingerprint density at radius 1 is 1.78 bits per heavy atom. The Kier molecular flexibility index (Phi) is 4.26. The molecule has 9 heavy (non-hydrogen) atoms. The van der Waals surface area contributed by atoms with Gasteiger partial charge in [-0.3, -0.25) is 4.79 Å². The van der Waals surface area contributed by atoms with E-state index in [1.807, 2.05) is 0 Å². The van der Waals surface area contributed by atoms with Gasteiger partial charge in [-0.15, -0.1) is 0 Å². The van der Waals surface area contributed by atoms with Crippen LogP contribution in [0.5, 0.6) is 0 Å². The van der Waals surface area contributed by atoms with Crippen LogP contribution in [0.15, 0.2) is 0 Å². The minimum Gasteiger partial charge on any atom is -0.395 e. The minimum atomic E-state index is -0.0671. The van der Waals surface area contributed by atoms with Crippen molar-refractivity contribution in [3.8, 4) is 0 Å². The lowest BCUT2D eigenvalue weighted by Crippen LogP contribution is -2.30. The van der Waals surface area contributed by atoms with Crippen molar-refractivity contribution in [2.45, 2.75) is 19.4 Å². The molecule has 0 unspecified atom stereocenters. The molecule has 0 aromatic rings. The maximum atomic E-state index is 10.4. The first kappa shape index (κ1) is 8.59. The van der Waals surface area contributed by atoms with Crippen LogP contribution in [0.4, 0.5) is 0 Å². The zero-order valence-electron chi connectivity index (χ0n) is 5.85. The summed E-state index contributed by atoms with van der Waals surface area (Å²) in [7, 11) is 1.73. The van der Waals surface area contributed by atoms with Gasteiger partial charge in [0.15, 0.2) is 0 Å². The highest BCUT2D eigenvalue weighted by Crippen LogP contribution is 1.89. The standard InChI is InChI=1S/C6H13NO2/c1-5(9)3-6(4-8)7-2/h6-8H,3-4H2,1-2H3/t6-/m1/s1. The van der Waals surface area contributed by atoms with E-state index in [1.165, 1.54) is 6.92 Å². The normalized spacial score (nSPS) is 13.2. The van der Waals surface area contributed by atoms with Crippen LogP contribution in [-0.4, -0.2) is 30.6 Å².